The average molecular weight is 343 g/mol. The minimum absolute atomic E-state index is 0. The van der Waals surface area contributed by atoms with E-state index in [1.165, 1.54) is 0 Å². The van der Waals surface area contributed by atoms with Crippen LogP contribution in [0.25, 0.3) is 0 Å². The minimum atomic E-state index is 0. The Morgan fingerprint density at radius 1 is 1.30 bits per heavy atom. The van der Waals surface area contributed by atoms with Crippen molar-refractivity contribution in [2.75, 3.05) is 32.8 Å². The number of carbonyl (C=O) groups is 1. The smallest absolute Gasteiger partial charge is 0.257 e. The Morgan fingerprint density at radius 3 is 2.61 bits per heavy atom. The van der Waals surface area contributed by atoms with E-state index in [9.17, 15) is 4.79 Å². The van der Waals surface area contributed by atoms with Gasteiger partial charge in [0, 0.05) is 26.2 Å². The zero-order chi connectivity index (χ0) is 15.9. The van der Waals surface area contributed by atoms with Crippen LogP contribution >= 0.6 is 12.4 Å². The van der Waals surface area contributed by atoms with E-state index in [-0.39, 0.29) is 24.4 Å². The molecule has 1 saturated heterocycles. The van der Waals surface area contributed by atoms with Gasteiger partial charge in [0.15, 0.2) is 11.5 Å². The van der Waals surface area contributed by atoms with Gasteiger partial charge in [-0.05, 0) is 32.4 Å². The van der Waals surface area contributed by atoms with Crippen LogP contribution in [0.1, 0.15) is 37.6 Å². The first-order chi connectivity index (χ1) is 10.6. The second-order valence-corrected chi connectivity index (χ2v) is 5.69. The highest BCUT2D eigenvalue weighted by molar-refractivity contribution is 5.98. The van der Waals surface area contributed by atoms with Gasteiger partial charge in [0.2, 0.25) is 0 Å². The average Bonchev–Trinajstić information content (AvgIpc) is 2.53. The molecule has 1 heterocycles. The molecule has 0 spiro atoms. The predicted octanol–water partition coefficient (Wildman–Crippen LogP) is 2.73. The third-order valence-electron chi connectivity index (χ3n) is 3.43. The van der Waals surface area contributed by atoms with Crippen molar-refractivity contribution in [1.29, 1.82) is 0 Å². The molecule has 1 amide bonds. The summed E-state index contributed by atoms with van der Waals surface area (Å²) >= 11 is 0. The second-order valence-electron chi connectivity index (χ2n) is 5.69. The molecule has 1 aromatic rings. The Bertz CT molecular complexity index is 503. The summed E-state index contributed by atoms with van der Waals surface area (Å²) < 4.78 is 11.7. The molecular weight excluding hydrogens is 316 g/mol. The zero-order valence-corrected chi connectivity index (χ0v) is 14.9. The van der Waals surface area contributed by atoms with Crippen LogP contribution in [0.5, 0.6) is 11.5 Å². The van der Waals surface area contributed by atoms with Gasteiger partial charge in [-0.25, -0.2) is 0 Å². The van der Waals surface area contributed by atoms with E-state index >= 15 is 0 Å². The van der Waals surface area contributed by atoms with Gasteiger partial charge in [-0.3, -0.25) is 4.79 Å². The SMILES string of the molecule is CCCOc1c(OC(C)C)cccc1C(=O)N1CCNCC1.Cl. The van der Waals surface area contributed by atoms with Gasteiger partial charge in [-0.15, -0.1) is 12.4 Å². The highest BCUT2D eigenvalue weighted by Gasteiger charge is 2.23. The van der Waals surface area contributed by atoms with Crippen molar-refractivity contribution >= 4 is 18.3 Å². The summed E-state index contributed by atoms with van der Waals surface area (Å²) in [6.07, 6.45) is 0.922. The first-order valence-corrected chi connectivity index (χ1v) is 8.06. The molecule has 6 heteroatoms. The molecule has 23 heavy (non-hydrogen) atoms. The van der Waals surface area contributed by atoms with Crippen LogP contribution in [0.3, 0.4) is 0 Å². The third-order valence-corrected chi connectivity index (χ3v) is 3.43. The molecule has 0 atom stereocenters. The topological polar surface area (TPSA) is 50.8 Å². The molecule has 0 radical (unpaired) electrons. The maximum atomic E-state index is 12.8. The summed E-state index contributed by atoms with van der Waals surface area (Å²) in [4.78, 5) is 14.6. The van der Waals surface area contributed by atoms with Gasteiger partial charge >= 0.3 is 0 Å². The van der Waals surface area contributed by atoms with E-state index in [0.717, 1.165) is 32.6 Å². The van der Waals surface area contributed by atoms with E-state index in [1.54, 1.807) is 0 Å². The molecule has 1 fully saturated rings. The molecule has 1 aliphatic rings. The molecule has 0 bridgehead atoms. The van der Waals surface area contributed by atoms with Crippen molar-refractivity contribution in [2.24, 2.45) is 0 Å². The number of ether oxygens (including phenoxy) is 2. The quantitative estimate of drug-likeness (QED) is 0.863. The van der Waals surface area contributed by atoms with Crippen molar-refractivity contribution in [3.63, 3.8) is 0 Å². The Morgan fingerprint density at radius 2 is 2.00 bits per heavy atom. The summed E-state index contributed by atoms with van der Waals surface area (Å²) in [6.45, 7) is 9.66. The lowest BCUT2D eigenvalue weighted by Gasteiger charge is -2.28. The van der Waals surface area contributed by atoms with Crippen LogP contribution < -0.4 is 14.8 Å². The summed E-state index contributed by atoms with van der Waals surface area (Å²) in [5.41, 5.74) is 0.591. The van der Waals surface area contributed by atoms with Crippen molar-refractivity contribution < 1.29 is 14.3 Å². The largest absolute Gasteiger partial charge is 0.489 e. The van der Waals surface area contributed by atoms with E-state index in [0.29, 0.717) is 23.7 Å². The molecule has 0 saturated carbocycles. The summed E-state index contributed by atoms with van der Waals surface area (Å²) in [5.74, 6) is 1.23. The maximum Gasteiger partial charge on any atom is 0.257 e. The van der Waals surface area contributed by atoms with Crippen LogP contribution in [-0.4, -0.2) is 49.7 Å². The summed E-state index contributed by atoms with van der Waals surface area (Å²) in [6, 6.07) is 5.54. The molecule has 0 unspecified atom stereocenters. The molecular formula is C17H27ClN2O3. The van der Waals surface area contributed by atoms with Gasteiger partial charge in [-0.1, -0.05) is 13.0 Å². The van der Waals surface area contributed by atoms with Gasteiger partial charge in [-0.2, -0.15) is 0 Å². The Balaban J connectivity index is 0.00000264. The monoisotopic (exact) mass is 342 g/mol. The van der Waals surface area contributed by atoms with Crippen LogP contribution in [0, 0.1) is 0 Å². The van der Waals surface area contributed by atoms with E-state index in [4.69, 9.17) is 9.47 Å². The third kappa shape index (κ3) is 5.29. The lowest BCUT2D eigenvalue weighted by atomic mass is 10.1. The van der Waals surface area contributed by atoms with Crippen molar-refractivity contribution in [3.8, 4) is 11.5 Å². The molecule has 0 aliphatic carbocycles. The number of hydrogen-bond donors (Lipinski definition) is 1. The van der Waals surface area contributed by atoms with Crippen LogP contribution in [0.2, 0.25) is 0 Å². The van der Waals surface area contributed by atoms with Gasteiger partial charge in [0.25, 0.3) is 5.91 Å². The number of para-hydroxylation sites is 1. The van der Waals surface area contributed by atoms with Gasteiger partial charge < -0.3 is 19.7 Å². The molecule has 1 aliphatic heterocycles. The lowest BCUT2D eigenvalue weighted by Crippen LogP contribution is -2.46. The standard InChI is InChI=1S/C17H26N2O3.ClH/c1-4-12-21-16-14(6-5-7-15(16)22-13(2)3)17(20)19-10-8-18-9-11-19;/h5-7,13,18H,4,8-12H2,1-3H3;1H. The molecule has 1 aromatic carbocycles. The Kier molecular flexibility index (Phi) is 8.20. The Hall–Kier alpha value is -1.46. The number of nitrogens with zero attached hydrogens (tertiary/aromatic N) is 1. The lowest BCUT2D eigenvalue weighted by molar-refractivity contribution is 0.0729. The van der Waals surface area contributed by atoms with Gasteiger partial charge in [0.05, 0.1) is 18.3 Å². The van der Waals surface area contributed by atoms with Crippen molar-refractivity contribution in [2.45, 2.75) is 33.3 Å². The van der Waals surface area contributed by atoms with Crippen molar-refractivity contribution in [1.82, 2.24) is 10.2 Å². The summed E-state index contributed by atoms with van der Waals surface area (Å²) in [5, 5.41) is 3.26. The number of rotatable bonds is 6. The number of nitrogens with one attached hydrogen (secondary N) is 1. The van der Waals surface area contributed by atoms with Crippen molar-refractivity contribution in [3.05, 3.63) is 23.8 Å². The van der Waals surface area contributed by atoms with Crippen LogP contribution in [0.15, 0.2) is 18.2 Å². The van der Waals surface area contributed by atoms with E-state index in [1.807, 2.05) is 43.9 Å². The minimum Gasteiger partial charge on any atom is -0.489 e. The first kappa shape index (κ1) is 19.6. The number of hydrogen-bond acceptors (Lipinski definition) is 4. The highest BCUT2D eigenvalue weighted by Crippen LogP contribution is 2.33. The first-order valence-electron chi connectivity index (χ1n) is 8.06. The number of amides is 1. The zero-order valence-electron chi connectivity index (χ0n) is 14.1. The number of halogens is 1. The van der Waals surface area contributed by atoms with Crippen LogP contribution in [-0.2, 0) is 0 Å². The maximum absolute atomic E-state index is 12.8. The van der Waals surface area contributed by atoms with Crippen LogP contribution in [0.4, 0.5) is 0 Å². The summed E-state index contributed by atoms with van der Waals surface area (Å²) in [7, 11) is 0. The normalized spacial score (nSPS) is 14.3. The van der Waals surface area contributed by atoms with E-state index < -0.39 is 0 Å². The number of carbonyl (C=O) groups excluding carboxylic acids is 1. The molecule has 1 N–H and O–H groups in total. The molecule has 2 rings (SSSR count). The molecule has 130 valence electrons. The highest BCUT2D eigenvalue weighted by atomic mass is 35.5. The predicted molar refractivity (Wildman–Crippen MR) is 94.0 cm³/mol. The van der Waals surface area contributed by atoms with Gasteiger partial charge in [0.1, 0.15) is 0 Å². The fraction of sp³-hybridized carbons (Fsp3) is 0.588. The fourth-order valence-corrected chi connectivity index (χ4v) is 2.42. The second kappa shape index (κ2) is 9.63. The molecule has 5 nitrogen and oxygen atoms in total. The Labute approximate surface area is 144 Å². The number of piperazine rings is 1. The molecule has 0 aromatic heterocycles. The fourth-order valence-electron chi connectivity index (χ4n) is 2.42. The number of benzene rings is 1. The van der Waals surface area contributed by atoms with E-state index in [2.05, 4.69) is 5.32 Å².